The second-order valence-electron chi connectivity index (χ2n) is 10.3. The third kappa shape index (κ3) is 5.11. The van der Waals surface area contributed by atoms with E-state index in [9.17, 15) is 9.50 Å². The number of benzene rings is 3. The lowest BCUT2D eigenvalue weighted by atomic mass is 9.80. The third-order valence-electron chi connectivity index (χ3n) is 7.92. The molecule has 0 aliphatic carbocycles. The highest BCUT2D eigenvalue weighted by atomic mass is 19.1. The molecule has 0 spiro atoms. The van der Waals surface area contributed by atoms with Crippen molar-refractivity contribution >= 4 is 17.0 Å². The zero-order chi connectivity index (χ0) is 30.8. The second kappa shape index (κ2) is 12.2. The number of rotatable bonds is 10. The van der Waals surface area contributed by atoms with Crippen LogP contribution in [0, 0.1) is 6.08 Å². The Morgan fingerprint density at radius 2 is 1.48 bits per heavy atom. The van der Waals surface area contributed by atoms with Crippen LogP contribution in [0.4, 0.5) is 10.2 Å². The Kier molecular flexibility index (Phi) is 8.15. The molecule has 3 aromatic carbocycles. The van der Waals surface area contributed by atoms with Gasteiger partial charge in [0.2, 0.25) is 0 Å². The minimum Gasteiger partial charge on any atom is -0.497 e. The molecule has 3 N–H and O–H groups in total. The lowest BCUT2D eigenvalue weighted by molar-refractivity contribution is -0.0948. The van der Waals surface area contributed by atoms with Gasteiger partial charge >= 0.3 is 6.08 Å². The fourth-order valence-corrected chi connectivity index (χ4v) is 5.71. The first-order valence-electron chi connectivity index (χ1n) is 13.9. The van der Waals surface area contributed by atoms with Crippen LogP contribution < -0.4 is 15.2 Å². The monoisotopic (exact) mass is 601 g/mol. The van der Waals surface area contributed by atoms with Gasteiger partial charge < -0.3 is 34.5 Å². The van der Waals surface area contributed by atoms with Crippen molar-refractivity contribution in [3.05, 3.63) is 108 Å². The number of halogens is 1. The molecule has 44 heavy (non-hydrogen) atoms. The van der Waals surface area contributed by atoms with Crippen LogP contribution in [0.15, 0.2) is 85.2 Å². The smallest absolute Gasteiger partial charge is 0.312 e. The summed E-state index contributed by atoms with van der Waals surface area (Å²) in [5, 5.41) is 11.4. The Balaban J connectivity index is 1.40. The maximum absolute atomic E-state index is 14.1. The number of methoxy groups -OCH3 is 3. The first-order chi connectivity index (χ1) is 21.4. The van der Waals surface area contributed by atoms with E-state index >= 15 is 0 Å². The van der Waals surface area contributed by atoms with Crippen molar-refractivity contribution in [2.45, 2.75) is 30.1 Å². The van der Waals surface area contributed by atoms with Gasteiger partial charge in [0, 0.05) is 7.11 Å². The zero-order valence-electron chi connectivity index (χ0n) is 24.3. The van der Waals surface area contributed by atoms with Crippen LogP contribution in [0.5, 0.6) is 11.5 Å². The summed E-state index contributed by atoms with van der Waals surface area (Å²) in [4.78, 5) is 11.6. The number of imidazole rings is 1. The van der Waals surface area contributed by atoms with E-state index in [1.807, 2.05) is 78.9 Å². The third-order valence-corrected chi connectivity index (χ3v) is 7.92. The van der Waals surface area contributed by atoms with Crippen molar-refractivity contribution in [2.24, 2.45) is 0 Å². The molecule has 1 aliphatic heterocycles. The fourth-order valence-electron chi connectivity index (χ4n) is 5.71. The topological polar surface area (TPSA) is 136 Å². The molecular formula is C32H32FN5O6. The van der Waals surface area contributed by atoms with E-state index < -0.39 is 36.2 Å². The standard InChI is InChI=1S/C32H32FN5O6/c1-40-22-13-9-20(10-14-22)32(19-7-5-4-6-8-19,21-11-15-23(41-2)16-12-21)43-17-24-26(39)27(42-3)30(44-24)38-18-35-25-28(34)36-31(33)37-29(25)38/h4-16,18,24,26-27,30,39H,17H2,1-3H3,(H2,34,36,37)/t24-,26-,27-,30-/m1/s1. The second-order valence-corrected chi connectivity index (χ2v) is 10.3. The first-order valence-corrected chi connectivity index (χ1v) is 13.9. The number of fused-ring (bicyclic) bond motifs is 1. The fraction of sp³-hybridized carbons (Fsp3) is 0.281. The number of hydrogen-bond donors (Lipinski definition) is 2. The van der Waals surface area contributed by atoms with Gasteiger partial charge in [-0.3, -0.25) is 4.57 Å². The van der Waals surface area contributed by atoms with Gasteiger partial charge in [-0.2, -0.15) is 14.4 Å². The van der Waals surface area contributed by atoms with Gasteiger partial charge in [-0.15, -0.1) is 0 Å². The van der Waals surface area contributed by atoms with Gasteiger partial charge in [-0.25, -0.2) is 4.98 Å². The van der Waals surface area contributed by atoms with Crippen LogP contribution in [0.2, 0.25) is 0 Å². The average molecular weight is 602 g/mol. The van der Waals surface area contributed by atoms with Crippen LogP contribution in [0.1, 0.15) is 22.9 Å². The highest BCUT2D eigenvalue weighted by molar-refractivity contribution is 5.81. The highest BCUT2D eigenvalue weighted by Gasteiger charge is 2.48. The van der Waals surface area contributed by atoms with Gasteiger partial charge in [0.05, 0.1) is 27.2 Å². The lowest BCUT2D eigenvalue weighted by Gasteiger charge is -2.37. The molecule has 11 nitrogen and oxygen atoms in total. The van der Waals surface area contributed by atoms with Crippen LogP contribution in [-0.4, -0.2) is 70.9 Å². The summed E-state index contributed by atoms with van der Waals surface area (Å²) in [6.07, 6.45) is -3.33. The quantitative estimate of drug-likeness (QED) is 0.179. The molecule has 0 radical (unpaired) electrons. The van der Waals surface area contributed by atoms with E-state index in [1.54, 1.807) is 14.2 Å². The SMILES string of the molecule is COc1ccc(C(OC[C@H]2O[C@@H](n3cnc4c(N)nc(F)nc43)[C@H](OC)[C@@H]2O)(c2ccccc2)c2ccc(OC)cc2)cc1. The molecule has 0 saturated carbocycles. The molecule has 0 bridgehead atoms. The molecule has 228 valence electrons. The number of aliphatic hydroxyl groups is 1. The van der Waals surface area contributed by atoms with E-state index in [1.165, 1.54) is 18.0 Å². The van der Waals surface area contributed by atoms with E-state index in [0.717, 1.165) is 16.7 Å². The number of anilines is 1. The van der Waals surface area contributed by atoms with E-state index in [0.29, 0.717) is 11.5 Å². The Morgan fingerprint density at radius 3 is 2.05 bits per heavy atom. The normalized spacial score (nSPS) is 20.2. The molecule has 5 aromatic rings. The number of aliphatic hydroxyl groups excluding tert-OH is 1. The number of nitrogen functional groups attached to an aromatic ring is 1. The van der Waals surface area contributed by atoms with Crippen molar-refractivity contribution in [2.75, 3.05) is 33.7 Å². The van der Waals surface area contributed by atoms with Crippen LogP contribution in [0.25, 0.3) is 11.2 Å². The van der Waals surface area contributed by atoms with Gasteiger partial charge in [-0.05, 0) is 41.0 Å². The van der Waals surface area contributed by atoms with Crippen LogP contribution in [0.3, 0.4) is 0 Å². The Hall–Kier alpha value is -4.62. The molecule has 1 fully saturated rings. The summed E-state index contributed by atoms with van der Waals surface area (Å²) in [5.74, 6) is 1.28. The summed E-state index contributed by atoms with van der Waals surface area (Å²) in [7, 11) is 4.68. The number of nitrogens with zero attached hydrogens (tertiary/aromatic N) is 4. The first kappa shape index (κ1) is 29.5. The Morgan fingerprint density at radius 1 is 0.886 bits per heavy atom. The average Bonchev–Trinajstić information content (AvgIpc) is 3.62. The van der Waals surface area contributed by atoms with E-state index in [2.05, 4.69) is 15.0 Å². The maximum Gasteiger partial charge on any atom is 0.312 e. The largest absolute Gasteiger partial charge is 0.497 e. The molecule has 1 saturated heterocycles. The number of hydrogen-bond acceptors (Lipinski definition) is 10. The van der Waals surface area contributed by atoms with Crippen LogP contribution in [-0.2, 0) is 19.8 Å². The van der Waals surface area contributed by atoms with Crippen molar-refractivity contribution in [3.63, 3.8) is 0 Å². The lowest BCUT2D eigenvalue weighted by Crippen LogP contribution is -2.40. The molecule has 3 heterocycles. The summed E-state index contributed by atoms with van der Waals surface area (Å²) >= 11 is 0. The van der Waals surface area contributed by atoms with Crippen molar-refractivity contribution in [1.29, 1.82) is 0 Å². The van der Waals surface area contributed by atoms with Crippen molar-refractivity contribution in [1.82, 2.24) is 19.5 Å². The van der Waals surface area contributed by atoms with Gasteiger partial charge in [-0.1, -0.05) is 54.6 Å². The number of nitrogens with two attached hydrogens (primary N) is 1. The Bertz CT molecular complexity index is 1670. The predicted molar refractivity (Wildman–Crippen MR) is 159 cm³/mol. The maximum atomic E-state index is 14.1. The molecule has 4 atom stereocenters. The molecule has 1 aliphatic rings. The molecular weight excluding hydrogens is 569 g/mol. The summed E-state index contributed by atoms with van der Waals surface area (Å²) in [6, 6.07) is 25.0. The Labute approximate surface area is 253 Å². The van der Waals surface area contributed by atoms with Gasteiger partial charge in [0.25, 0.3) is 0 Å². The minimum atomic E-state index is -1.13. The molecule has 0 unspecified atom stereocenters. The summed E-state index contributed by atoms with van der Waals surface area (Å²) in [5.41, 5.74) is 7.56. The van der Waals surface area contributed by atoms with E-state index in [4.69, 9.17) is 29.4 Å². The highest BCUT2D eigenvalue weighted by Crippen LogP contribution is 2.43. The molecule has 6 rings (SSSR count). The molecule has 12 heteroatoms. The van der Waals surface area contributed by atoms with Crippen LogP contribution >= 0.6 is 0 Å². The van der Waals surface area contributed by atoms with Gasteiger partial charge in [0.15, 0.2) is 23.2 Å². The minimum absolute atomic E-state index is 0.0530. The summed E-state index contributed by atoms with van der Waals surface area (Å²) < 4.78 is 45.4. The molecule has 2 aromatic heterocycles. The van der Waals surface area contributed by atoms with E-state index in [-0.39, 0.29) is 23.6 Å². The number of aromatic nitrogens is 4. The van der Waals surface area contributed by atoms with Crippen molar-refractivity contribution in [3.8, 4) is 11.5 Å². The zero-order valence-corrected chi connectivity index (χ0v) is 24.3. The summed E-state index contributed by atoms with van der Waals surface area (Å²) in [6.45, 7) is -0.0530. The molecule has 0 amide bonds. The number of ether oxygens (including phenoxy) is 5. The van der Waals surface area contributed by atoms with Crippen molar-refractivity contribution < 1.29 is 33.2 Å². The van der Waals surface area contributed by atoms with Gasteiger partial charge in [0.1, 0.15) is 35.4 Å². The predicted octanol–water partition coefficient (Wildman–Crippen LogP) is 3.85.